The summed E-state index contributed by atoms with van der Waals surface area (Å²) in [5.41, 5.74) is 6.70. The van der Waals surface area contributed by atoms with Gasteiger partial charge in [0.1, 0.15) is 5.56 Å². The van der Waals surface area contributed by atoms with Crippen LogP contribution in [-0.2, 0) is 6.54 Å². The van der Waals surface area contributed by atoms with Crippen molar-refractivity contribution in [3.8, 4) is 0 Å². The van der Waals surface area contributed by atoms with Crippen molar-refractivity contribution in [2.24, 2.45) is 5.73 Å². The molecule has 0 saturated heterocycles. The number of pyridine rings is 1. The molecule has 1 aromatic heterocycles. The summed E-state index contributed by atoms with van der Waals surface area (Å²) < 4.78 is 1.86. The predicted octanol–water partition coefficient (Wildman–Crippen LogP) is -0.568. The number of amides is 1. The van der Waals surface area contributed by atoms with Crippen molar-refractivity contribution in [1.82, 2.24) is 0 Å². The third-order valence-electron chi connectivity index (χ3n) is 2.49. The van der Waals surface area contributed by atoms with Crippen LogP contribution in [0, 0.1) is 0 Å². The zero-order chi connectivity index (χ0) is 13.1. The molecule has 1 amide bonds. The average molecular weight is 318 g/mol. The van der Waals surface area contributed by atoms with E-state index in [4.69, 9.17) is 28.9 Å². The summed E-state index contributed by atoms with van der Waals surface area (Å²) in [6.45, 7) is 0.595. The Kier molecular flexibility index (Phi) is 5.60. The molecule has 0 saturated carbocycles. The molecule has 0 unspecified atom stereocenters. The normalized spacial score (nSPS) is 9.79. The second kappa shape index (κ2) is 6.75. The number of primary amides is 1. The Morgan fingerprint density at radius 3 is 2.58 bits per heavy atom. The van der Waals surface area contributed by atoms with Crippen LogP contribution < -0.4 is 22.7 Å². The van der Waals surface area contributed by atoms with E-state index in [2.05, 4.69) is 0 Å². The van der Waals surface area contributed by atoms with E-state index in [1.807, 2.05) is 16.8 Å². The number of hydrogen-bond acceptors (Lipinski definition) is 1. The fourth-order valence-corrected chi connectivity index (χ4v) is 1.94. The lowest BCUT2D eigenvalue weighted by Gasteiger charge is -2.01. The maximum atomic E-state index is 11.1. The number of rotatable bonds is 3. The molecule has 100 valence electrons. The zero-order valence-electron chi connectivity index (χ0n) is 9.82. The molecule has 19 heavy (non-hydrogen) atoms. The molecule has 2 aromatic rings. The van der Waals surface area contributed by atoms with E-state index >= 15 is 0 Å². The molecule has 0 aliphatic carbocycles. The topological polar surface area (TPSA) is 47.0 Å². The van der Waals surface area contributed by atoms with Crippen LogP contribution in [-0.4, -0.2) is 5.91 Å². The Bertz CT molecular complexity index is 602. The lowest BCUT2D eigenvalue weighted by atomic mass is 10.2. The summed E-state index contributed by atoms with van der Waals surface area (Å²) in [4.78, 5) is 11.1. The van der Waals surface area contributed by atoms with Crippen LogP contribution in [0.1, 0.15) is 15.9 Å². The molecule has 0 aliphatic rings. The van der Waals surface area contributed by atoms with Crippen LogP contribution in [0.2, 0.25) is 10.0 Å². The van der Waals surface area contributed by atoms with Gasteiger partial charge in [-0.25, -0.2) is 0 Å². The van der Waals surface area contributed by atoms with Gasteiger partial charge in [-0.3, -0.25) is 4.79 Å². The van der Waals surface area contributed by atoms with Gasteiger partial charge >= 0.3 is 0 Å². The molecule has 0 spiro atoms. The Hall–Kier alpha value is -1.29. The summed E-state index contributed by atoms with van der Waals surface area (Å²) in [5.74, 6) is -0.446. The molecular weight excluding hydrogens is 307 g/mol. The Balaban J connectivity index is 0.00000180. The van der Waals surface area contributed by atoms with Crippen molar-refractivity contribution in [3.05, 3.63) is 63.9 Å². The van der Waals surface area contributed by atoms with E-state index in [1.165, 1.54) is 0 Å². The molecule has 1 aromatic carbocycles. The molecule has 2 N–H and O–H groups in total. The third kappa shape index (κ3) is 4.10. The molecule has 3 nitrogen and oxygen atoms in total. The molecular formula is C13H11Cl3N2O. The highest BCUT2D eigenvalue weighted by Crippen LogP contribution is 2.22. The minimum atomic E-state index is -0.446. The fraction of sp³-hybridized carbons (Fsp3) is 0.0769. The molecule has 0 atom stereocenters. The lowest BCUT2D eigenvalue weighted by molar-refractivity contribution is -0.688. The molecule has 0 radical (unpaired) electrons. The first-order chi connectivity index (χ1) is 8.56. The van der Waals surface area contributed by atoms with Crippen LogP contribution in [0.15, 0.2) is 42.7 Å². The fourth-order valence-electron chi connectivity index (χ4n) is 1.61. The number of carbonyl (C=O) groups excluding carboxylic acids is 1. The second-order valence-corrected chi connectivity index (χ2v) is 4.69. The first-order valence-corrected chi connectivity index (χ1v) is 6.04. The van der Waals surface area contributed by atoms with Gasteiger partial charge in [0.25, 0.3) is 5.91 Å². The molecule has 2 rings (SSSR count). The maximum Gasteiger partial charge on any atom is 0.254 e. The number of aromatic nitrogens is 1. The lowest BCUT2D eigenvalue weighted by Crippen LogP contribution is -3.00. The number of carbonyl (C=O) groups is 1. The summed E-state index contributed by atoms with van der Waals surface area (Å²) in [6.07, 6.45) is 3.56. The highest BCUT2D eigenvalue weighted by Gasteiger charge is 2.09. The van der Waals surface area contributed by atoms with Crippen LogP contribution in [0.5, 0.6) is 0 Å². The number of benzene rings is 1. The van der Waals surface area contributed by atoms with Crippen LogP contribution in [0.4, 0.5) is 0 Å². The highest BCUT2D eigenvalue weighted by molar-refractivity contribution is 6.42. The van der Waals surface area contributed by atoms with Crippen molar-refractivity contribution in [2.75, 3.05) is 0 Å². The van der Waals surface area contributed by atoms with Crippen molar-refractivity contribution >= 4 is 29.1 Å². The van der Waals surface area contributed by atoms with Gasteiger partial charge in [0.05, 0.1) is 10.0 Å². The maximum absolute atomic E-state index is 11.1. The Morgan fingerprint density at radius 1 is 1.21 bits per heavy atom. The van der Waals surface area contributed by atoms with E-state index in [-0.39, 0.29) is 12.4 Å². The number of nitrogens with two attached hydrogens (primary N) is 1. The zero-order valence-corrected chi connectivity index (χ0v) is 12.1. The van der Waals surface area contributed by atoms with E-state index in [0.717, 1.165) is 5.56 Å². The van der Waals surface area contributed by atoms with Gasteiger partial charge in [0, 0.05) is 11.6 Å². The molecule has 6 heteroatoms. The first kappa shape index (κ1) is 15.8. The van der Waals surface area contributed by atoms with Gasteiger partial charge in [-0.1, -0.05) is 29.3 Å². The van der Waals surface area contributed by atoms with Crippen LogP contribution in [0.25, 0.3) is 0 Å². The minimum absolute atomic E-state index is 0. The van der Waals surface area contributed by atoms with Gasteiger partial charge in [-0.2, -0.15) is 4.57 Å². The quantitative estimate of drug-likeness (QED) is 0.758. The smallest absolute Gasteiger partial charge is 0.254 e. The summed E-state index contributed by atoms with van der Waals surface area (Å²) in [7, 11) is 0. The van der Waals surface area contributed by atoms with E-state index in [9.17, 15) is 4.79 Å². The van der Waals surface area contributed by atoms with Crippen LogP contribution in [0.3, 0.4) is 0 Å². The van der Waals surface area contributed by atoms with E-state index < -0.39 is 5.91 Å². The third-order valence-corrected chi connectivity index (χ3v) is 3.23. The first-order valence-electron chi connectivity index (χ1n) is 5.29. The second-order valence-electron chi connectivity index (χ2n) is 3.88. The molecule has 1 heterocycles. The largest absolute Gasteiger partial charge is 1.00 e. The number of nitrogens with zero attached hydrogens (tertiary/aromatic N) is 1. The number of hydrogen-bond donors (Lipinski definition) is 1. The van der Waals surface area contributed by atoms with Gasteiger partial charge in [-0.05, 0) is 18.2 Å². The standard InChI is InChI=1S/C13H10Cl2N2O.ClH/c14-11-4-3-9(6-12(11)15)7-17-5-1-2-10(8-17)13(16)18;/h1-6,8H,7H2,(H-,16,18);1H. The summed E-state index contributed by atoms with van der Waals surface area (Å²) in [5, 5.41) is 1.04. The Labute approximate surface area is 127 Å². The van der Waals surface area contributed by atoms with Crippen molar-refractivity contribution in [1.29, 1.82) is 0 Å². The average Bonchev–Trinajstić information content (AvgIpc) is 2.34. The predicted molar refractivity (Wildman–Crippen MR) is 70.7 cm³/mol. The molecule has 0 bridgehead atoms. The van der Waals surface area contributed by atoms with Crippen molar-refractivity contribution in [2.45, 2.75) is 6.54 Å². The van der Waals surface area contributed by atoms with Crippen molar-refractivity contribution in [3.63, 3.8) is 0 Å². The van der Waals surface area contributed by atoms with Gasteiger partial charge < -0.3 is 18.1 Å². The van der Waals surface area contributed by atoms with E-state index in [0.29, 0.717) is 22.2 Å². The molecule has 0 aliphatic heterocycles. The monoisotopic (exact) mass is 316 g/mol. The SMILES string of the molecule is NC(=O)c1ccc[n+](Cc2ccc(Cl)c(Cl)c2)c1.[Cl-]. The van der Waals surface area contributed by atoms with Gasteiger partial charge in [-0.15, -0.1) is 0 Å². The Morgan fingerprint density at radius 2 is 1.95 bits per heavy atom. The van der Waals surface area contributed by atoms with Gasteiger partial charge in [0.15, 0.2) is 18.9 Å². The highest BCUT2D eigenvalue weighted by atomic mass is 35.5. The summed E-state index contributed by atoms with van der Waals surface area (Å²) >= 11 is 11.8. The summed E-state index contributed by atoms with van der Waals surface area (Å²) in [6, 6.07) is 8.88. The van der Waals surface area contributed by atoms with E-state index in [1.54, 1.807) is 30.5 Å². The van der Waals surface area contributed by atoms with Crippen molar-refractivity contribution < 1.29 is 21.8 Å². The van der Waals surface area contributed by atoms with Gasteiger partial charge in [0.2, 0.25) is 0 Å². The minimum Gasteiger partial charge on any atom is -1.00 e. The van der Waals surface area contributed by atoms with Crippen LogP contribution >= 0.6 is 23.2 Å². The molecule has 0 fully saturated rings. The number of halogens is 3.